The van der Waals surface area contributed by atoms with Crippen LogP contribution in [0.25, 0.3) is 0 Å². The van der Waals surface area contributed by atoms with Gasteiger partial charge in [-0.2, -0.15) is 4.98 Å². The summed E-state index contributed by atoms with van der Waals surface area (Å²) in [5.74, 6) is -0.917. The third-order valence-corrected chi connectivity index (χ3v) is 1.78. The minimum absolute atomic E-state index is 0.0324. The average Bonchev–Trinajstić information content (AvgIpc) is 2.08. The normalized spacial score (nSPS) is 11.5. The third kappa shape index (κ3) is 3.14. The molecule has 0 aliphatic rings. The molecule has 4 N–H and O–H groups in total. The van der Waals surface area contributed by atoms with Gasteiger partial charge in [-0.05, 0) is 6.07 Å². The fraction of sp³-hybridized carbons (Fsp3) is 0.286. The summed E-state index contributed by atoms with van der Waals surface area (Å²) in [6.45, 7) is -0.182. The molecular formula is C7H7ClF3N3O. The van der Waals surface area contributed by atoms with Gasteiger partial charge in [-0.15, -0.1) is 13.2 Å². The van der Waals surface area contributed by atoms with Crippen molar-refractivity contribution >= 4 is 17.4 Å². The Morgan fingerprint density at radius 2 is 2.07 bits per heavy atom. The van der Waals surface area contributed by atoms with Crippen molar-refractivity contribution in [2.45, 2.75) is 12.9 Å². The molecule has 1 rings (SSSR count). The lowest BCUT2D eigenvalue weighted by Crippen LogP contribution is -2.20. The van der Waals surface area contributed by atoms with E-state index in [1.165, 1.54) is 6.07 Å². The van der Waals surface area contributed by atoms with E-state index in [-0.39, 0.29) is 22.9 Å². The Bertz CT molecular complexity index is 369. The van der Waals surface area contributed by atoms with Gasteiger partial charge in [0.2, 0.25) is 5.88 Å². The van der Waals surface area contributed by atoms with Gasteiger partial charge in [0.05, 0.1) is 5.02 Å². The van der Waals surface area contributed by atoms with Crippen LogP contribution in [0.3, 0.4) is 0 Å². The van der Waals surface area contributed by atoms with Gasteiger partial charge in [0, 0.05) is 12.1 Å². The van der Waals surface area contributed by atoms with Gasteiger partial charge in [0.1, 0.15) is 5.82 Å². The summed E-state index contributed by atoms with van der Waals surface area (Å²) in [5, 5.41) is 0.0324. The predicted molar refractivity (Wildman–Crippen MR) is 48.2 cm³/mol. The Balaban J connectivity index is 3.11. The predicted octanol–water partition coefficient (Wildman–Crippen LogP) is 1.67. The minimum atomic E-state index is -4.84. The molecule has 0 unspecified atom stereocenters. The number of nitrogen functional groups attached to an aromatic ring is 1. The summed E-state index contributed by atoms with van der Waals surface area (Å²) < 4.78 is 39.4. The first-order valence-electron chi connectivity index (χ1n) is 3.74. The molecular weight excluding hydrogens is 235 g/mol. The fourth-order valence-electron chi connectivity index (χ4n) is 0.867. The number of halogens is 4. The number of pyridine rings is 1. The molecule has 0 amide bonds. The van der Waals surface area contributed by atoms with Crippen LogP contribution in [0.5, 0.6) is 5.88 Å². The largest absolute Gasteiger partial charge is 0.574 e. The summed E-state index contributed by atoms with van der Waals surface area (Å²) in [4.78, 5) is 3.35. The van der Waals surface area contributed by atoms with Crippen molar-refractivity contribution in [3.63, 3.8) is 0 Å². The highest BCUT2D eigenvalue weighted by Gasteiger charge is 2.33. The van der Waals surface area contributed by atoms with E-state index in [1.54, 1.807) is 0 Å². The van der Waals surface area contributed by atoms with E-state index in [4.69, 9.17) is 23.1 Å². The van der Waals surface area contributed by atoms with Crippen LogP contribution >= 0.6 is 11.6 Å². The topological polar surface area (TPSA) is 74.2 Å². The molecule has 1 aromatic heterocycles. The van der Waals surface area contributed by atoms with Crippen molar-refractivity contribution in [1.29, 1.82) is 0 Å². The van der Waals surface area contributed by atoms with Crippen LogP contribution in [0.4, 0.5) is 19.0 Å². The number of aromatic nitrogens is 1. The molecule has 4 nitrogen and oxygen atoms in total. The molecule has 84 valence electrons. The van der Waals surface area contributed by atoms with Crippen molar-refractivity contribution < 1.29 is 17.9 Å². The summed E-state index contributed by atoms with van der Waals surface area (Å²) in [7, 11) is 0. The SMILES string of the molecule is NCc1cc(Cl)c(N)nc1OC(F)(F)F. The second kappa shape index (κ2) is 4.11. The molecule has 0 aromatic carbocycles. The summed E-state index contributed by atoms with van der Waals surface area (Å²) >= 11 is 5.56. The number of alkyl halides is 3. The Morgan fingerprint density at radius 3 is 2.53 bits per heavy atom. The summed E-state index contributed by atoms with van der Waals surface area (Å²) in [6, 6.07) is 1.19. The standard InChI is InChI=1S/C7H7ClF3N3O/c8-4-1-3(2-12)6(14-5(4)13)15-7(9,10)11/h1H,2,12H2,(H2,13,14). The Hall–Kier alpha value is -1.21. The quantitative estimate of drug-likeness (QED) is 0.826. The third-order valence-electron chi connectivity index (χ3n) is 1.47. The van der Waals surface area contributed by atoms with E-state index < -0.39 is 12.2 Å². The highest BCUT2D eigenvalue weighted by molar-refractivity contribution is 6.32. The Labute approximate surface area is 88.0 Å². The first-order chi connectivity index (χ1) is 6.83. The molecule has 0 saturated carbocycles. The number of hydrogen-bond acceptors (Lipinski definition) is 4. The highest BCUT2D eigenvalue weighted by Crippen LogP contribution is 2.28. The molecule has 0 atom stereocenters. The zero-order valence-electron chi connectivity index (χ0n) is 7.31. The van der Waals surface area contributed by atoms with E-state index in [1.807, 2.05) is 0 Å². The maximum Gasteiger partial charge on any atom is 0.574 e. The van der Waals surface area contributed by atoms with E-state index in [0.29, 0.717) is 0 Å². The van der Waals surface area contributed by atoms with E-state index in [9.17, 15) is 13.2 Å². The molecule has 0 radical (unpaired) electrons. The van der Waals surface area contributed by atoms with Crippen LogP contribution in [0, 0.1) is 0 Å². The van der Waals surface area contributed by atoms with Crippen LogP contribution in [0.15, 0.2) is 6.07 Å². The fourth-order valence-corrected chi connectivity index (χ4v) is 1.04. The number of rotatable bonds is 2. The molecule has 8 heteroatoms. The van der Waals surface area contributed by atoms with Gasteiger partial charge in [-0.25, -0.2) is 0 Å². The van der Waals surface area contributed by atoms with Crippen LogP contribution in [0.1, 0.15) is 5.56 Å². The van der Waals surface area contributed by atoms with Crippen LogP contribution < -0.4 is 16.2 Å². The lowest BCUT2D eigenvalue weighted by Gasteiger charge is -2.12. The Kier molecular flexibility index (Phi) is 3.25. The molecule has 15 heavy (non-hydrogen) atoms. The van der Waals surface area contributed by atoms with E-state index >= 15 is 0 Å². The Morgan fingerprint density at radius 1 is 1.47 bits per heavy atom. The van der Waals surface area contributed by atoms with Crippen molar-refractivity contribution in [2.24, 2.45) is 5.73 Å². The van der Waals surface area contributed by atoms with Gasteiger partial charge in [-0.1, -0.05) is 11.6 Å². The monoisotopic (exact) mass is 241 g/mol. The van der Waals surface area contributed by atoms with Crippen molar-refractivity contribution in [3.05, 3.63) is 16.7 Å². The smallest absolute Gasteiger partial charge is 0.387 e. The lowest BCUT2D eigenvalue weighted by molar-refractivity contribution is -0.276. The van der Waals surface area contributed by atoms with Crippen LogP contribution in [-0.2, 0) is 6.54 Å². The molecule has 0 aliphatic carbocycles. The van der Waals surface area contributed by atoms with Gasteiger partial charge in [0.15, 0.2) is 0 Å². The molecule has 0 aliphatic heterocycles. The first-order valence-corrected chi connectivity index (χ1v) is 4.12. The number of ether oxygens (including phenoxy) is 1. The lowest BCUT2D eigenvalue weighted by atomic mass is 10.2. The van der Waals surface area contributed by atoms with Gasteiger partial charge < -0.3 is 16.2 Å². The maximum absolute atomic E-state index is 11.9. The van der Waals surface area contributed by atoms with Gasteiger partial charge >= 0.3 is 6.36 Å². The first kappa shape index (κ1) is 11.9. The molecule has 0 saturated heterocycles. The van der Waals surface area contributed by atoms with Crippen LogP contribution in [0.2, 0.25) is 5.02 Å². The van der Waals surface area contributed by atoms with E-state index in [0.717, 1.165) is 0 Å². The number of anilines is 1. The number of nitrogens with zero attached hydrogens (tertiary/aromatic N) is 1. The summed E-state index contributed by atoms with van der Waals surface area (Å²) in [5.41, 5.74) is 10.5. The molecule has 1 heterocycles. The average molecular weight is 242 g/mol. The highest BCUT2D eigenvalue weighted by atomic mass is 35.5. The second-order valence-corrected chi connectivity index (χ2v) is 2.98. The second-order valence-electron chi connectivity index (χ2n) is 2.57. The zero-order chi connectivity index (χ0) is 11.6. The molecule has 1 aromatic rings. The molecule has 0 bridgehead atoms. The van der Waals surface area contributed by atoms with Crippen molar-refractivity contribution in [2.75, 3.05) is 5.73 Å². The van der Waals surface area contributed by atoms with Crippen molar-refractivity contribution in [3.8, 4) is 5.88 Å². The van der Waals surface area contributed by atoms with Crippen molar-refractivity contribution in [1.82, 2.24) is 4.98 Å². The van der Waals surface area contributed by atoms with E-state index in [2.05, 4.69) is 9.72 Å². The zero-order valence-corrected chi connectivity index (χ0v) is 8.06. The van der Waals surface area contributed by atoms with Gasteiger partial charge in [-0.3, -0.25) is 0 Å². The molecule has 0 fully saturated rings. The number of nitrogens with two attached hydrogens (primary N) is 2. The minimum Gasteiger partial charge on any atom is -0.387 e. The van der Waals surface area contributed by atoms with Gasteiger partial charge in [0.25, 0.3) is 0 Å². The van der Waals surface area contributed by atoms with Crippen LogP contribution in [-0.4, -0.2) is 11.3 Å². The number of hydrogen-bond donors (Lipinski definition) is 2. The summed E-state index contributed by atoms with van der Waals surface area (Å²) in [6.07, 6.45) is -4.84. The maximum atomic E-state index is 11.9. The molecule has 0 spiro atoms.